The first-order chi connectivity index (χ1) is 11.8. The van der Waals surface area contributed by atoms with Crippen molar-refractivity contribution in [1.29, 1.82) is 0 Å². The lowest BCUT2D eigenvalue weighted by Gasteiger charge is -2.25. The average Bonchev–Trinajstić information content (AvgIpc) is 2.78. The molecule has 2 aliphatic carbocycles. The highest BCUT2D eigenvalue weighted by atomic mass is 35.5. The van der Waals surface area contributed by atoms with Gasteiger partial charge in [-0.3, -0.25) is 4.79 Å². The number of likely N-dealkylation sites (N-methyl/N-ethyl adjacent to an activating group) is 1. The van der Waals surface area contributed by atoms with E-state index in [1.54, 1.807) is 50.4 Å². The van der Waals surface area contributed by atoms with Crippen molar-refractivity contribution in [2.75, 3.05) is 21.2 Å². The van der Waals surface area contributed by atoms with Gasteiger partial charge in [0.05, 0.1) is 32.9 Å². The van der Waals surface area contributed by atoms with Gasteiger partial charge in [-0.05, 0) is 35.4 Å². The summed E-state index contributed by atoms with van der Waals surface area (Å²) in [5, 5.41) is 0.916. The molecule has 2 aliphatic rings. The molecule has 130 valence electrons. The van der Waals surface area contributed by atoms with E-state index in [-0.39, 0.29) is 25.9 Å². The van der Waals surface area contributed by atoms with Crippen LogP contribution in [0, 0.1) is 0 Å². The zero-order chi connectivity index (χ0) is 18.5. The molecule has 1 aromatic carbocycles. The van der Waals surface area contributed by atoms with Crippen molar-refractivity contribution < 1.29 is 9.53 Å². The van der Waals surface area contributed by atoms with Gasteiger partial charge in [-0.1, -0.05) is 46.4 Å². The van der Waals surface area contributed by atoms with Crippen LogP contribution in [0.4, 0.5) is 0 Å². The van der Waals surface area contributed by atoms with Crippen LogP contribution in [0.3, 0.4) is 0 Å². The normalized spacial score (nSPS) is 17.2. The second kappa shape index (κ2) is 6.73. The Labute approximate surface area is 165 Å². The van der Waals surface area contributed by atoms with Crippen LogP contribution in [-0.4, -0.2) is 31.9 Å². The van der Waals surface area contributed by atoms with Gasteiger partial charge in [-0.2, -0.15) is 0 Å². The molecule has 0 saturated heterocycles. The lowest BCUT2D eigenvalue weighted by molar-refractivity contribution is 0.100. The Balaban J connectivity index is 2.38. The topological polar surface area (TPSA) is 29.5 Å². The van der Waals surface area contributed by atoms with Crippen LogP contribution >= 0.6 is 46.4 Å². The third-order valence-corrected chi connectivity index (χ3v) is 5.85. The number of hydrogen-bond acceptors (Lipinski definition) is 3. The van der Waals surface area contributed by atoms with Gasteiger partial charge >= 0.3 is 0 Å². The number of hydrogen-bond donors (Lipinski definition) is 0. The minimum Gasteiger partial charge on any atom is -0.497 e. The van der Waals surface area contributed by atoms with Crippen molar-refractivity contribution in [1.82, 2.24) is 4.90 Å². The number of nitrogens with zero attached hydrogens (tertiary/aromatic N) is 1. The van der Waals surface area contributed by atoms with Gasteiger partial charge in [0.1, 0.15) is 5.75 Å². The van der Waals surface area contributed by atoms with Crippen LogP contribution in [0.25, 0.3) is 5.57 Å². The maximum atomic E-state index is 12.8. The Hall–Kier alpha value is -1.39. The van der Waals surface area contributed by atoms with Crippen molar-refractivity contribution in [3.05, 3.63) is 66.8 Å². The zero-order valence-electron chi connectivity index (χ0n) is 13.6. The largest absolute Gasteiger partial charge is 0.497 e. The van der Waals surface area contributed by atoms with E-state index in [4.69, 9.17) is 51.1 Å². The van der Waals surface area contributed by atoms with Crippen LogP contribution < -0.4 is 4.74 Å². The number of allylic oxidation sites excluding steroid dienone is 8. The summed E-state index contributed by atoms with van der Waals surface area (Å²) in [5.74, 6) is 0.473. The summed E-state index contributed by atoms with van der Waals surface area (Å²) in [7, 11) is 5.13. The van der Waals surface area contributed by atoms with Crippen molar-refractivity contribution in [2.45, 2.75) is 0 Å². The molecule has 0 radical (unpaired) electrons. The van der Waals surface area contributed by atoms with Crippen LogP contribution in [0.1, 0.15) is 15.9 Å². The summed E-state index contributed by atoms with van der Waals surface area (Å²) in [4.78, 5) is 14.6. The van der Waals surface area contributed by atoms with E-state index >= 15 is 0 Å². The Morgan fingerprint density at radius 2 is 1.52 bits per heavy atom. The predicted molar refractivity (Wildman–Crippen MR) is 103 cm³/mol. The number of fused-ring (bicyclic) bond motifs is 1. The highest BCUT2D eigenvalue weighted by Gasteiger charge is 2.32. The van der Waals surface area contributed by atoms with Gasteiger partial charge in [0.25, 0.3) is 0 Å². The molecule has 0 bridgehead atoms. The quantitative estimate of drug-likeness (QED) is 0.638. The average molecular weight is 417 g/mol. The number of Topliss-reactive ketones (excluding diaryl/α,β-unsaturated/α-hetero) is 1. The van der Waals surface area contributed by atoms with Crippen LogP contribution in [0.5, 0.6) is 5.75 Å². The summed E-state index contributed by atoms with van der Waals surface area (Å²) in [6.07, 6.45) is 1.75. The molecule has 0 amide bonds. The number of carbonyl (C=O) groups excluding carboxylic acids is 1. The Morgan fingerprint density at radius 3 is 2.04 bits per heavy atom. The van der Waals surface area contributed by atoms with Crippen molar-refractivity contribution in [3.8, 4) is 5.75 Å². The Bertz CT molecular complexity index is 897. The second-order valence-corrected chi connectivity index (χ2v) is 7.22. The molecule has 0 atom stereocenters. The number of ether oxygens (including phenoxy) is 1. The molecule has 25 heavy (non-hydrogen) atoms. The molecular formula is C18H13Cl4NO2. The van der Waals surface area contributed by atoms with E-state index in [9.17, 15) is 4.79 Å². The van der Waals surface area contributed by atoms with Gasteiger partial charge in [0, 0.05) is 25.2 Å². The number of benzene rings is 1. The summed E-state index contributed by atoms with van der Waals surface area (Å²) in [5.41, 5.74) is 2.89. The molecule has 3 nitrogen and oxygen atoms in total. The molecule has 0 spiro atoms. The summed E-state index contributed by atoms with van der Waals surface area (Å²) >= 11 is 25.0. The number of halogens is 4. The number of ketones is 1. The molecule has 0 unspecified atom stereocenters. The number of carbonyl (C=O) groups is 1. The van der Waals surface area contributed by atoms with Crippen molar-refractivity contribution in [2.24, 2.45) is 0 Å². The maximum Gasteiger partial charge on any atom is 0.209 e. The highest BCUT2D eigenvalue weighted by molar-refractivity contribution is 6.55. The maximum absolute atomic E-state index is 12.8. The lowest BCUT2D eigenvalue weighted by Crippen LogP contribution is -2.23. The molecule has 1 aromatic rings. The standard InChI is InChI=1S/C18H13Cl4NO2/c1-23(2)12-7-10(13-14(19)16(21)17(22)15(13)20)9-5-4-8(25-3)6-11(9)18(12)24/h4-7H,1-3H3. The SMILES string of the molecule is COc1ccc2c(c1)C(=O)C(N(C)C)=CC2=C1C(Cl)=C(Cl)C(Cl)=C1Cl. The van der Waals surface area contributed by atoms with E-state index in [0.717, 1.165) is 0 Å². The van der Waals surface area contributed by atoms with Gasteiger partial charge < -0.3 is 9.64 Å². The minimum absolute atomic E-state index is 0.112. The first-order valence-electron chi connectivity index (χ1n) is 7.26. The number of rotatable bonds is 2. The zero-order valence-corrected chi connectivity index (χ0v) is 16.6. The Kier molecular flexibility index (Phi) is 4.95. The molecule has 0 aromatic heterocycles. The second-order valence-electron chi connectivity index (χ2n) is 5.71. The van der Waals surface area contributed by atoms with Crippen molar-refractivity contribution in [3.63, 3.8) is 0 Å². The predicted octanol–water partition coefficient (Wildman–Crippen LogP) is 5.48. The van der Waals surface area contributed by atoms with E-state index in [1.165, 1.54) is 0 Å². The Morgan fingerprint density at radius 1 is 0.920 bits per heavy atom. The molecule has 0 saturated carbocycles. The van der Waals surface area contributed by atoms with Gasteiger partial charge in [0.2, 0.25) is 5.78 Å². The minimum atomic E-state index is -0.112. The van der Waals surface area contributed by atoms with Crippen LogP contribution in [0.2, 0.25) is 0 Å². The fourth-order valence-corrected chi connectivity index (χ4v) is 3.88. The fourth-order valence-electron chi connectivity index (χ4n) is 2.78. The summed E-state index contributed by atoms with van der Waals surface area (Å²) in [6.45, 7) is 0. The molecule has 0 aliphatic heterocycles. The van der Waals surface area contributed by atoms with Gasteiger partial charge in [-0.15, -0.1) is 0 Å². The third kappa shape index (κ3) is 2.89. The van der Waals surface area contributed by atoms with Crippen LogP contribution in [-0.2, 0) is 0 Å². The van der Waals surface area contributed by atoms with E-state index < -0.39 is 0 Å². The van der Waals surface area contributed by atoms with Crippen LogP contribution in [0.15, 0.2) is 55.7 Å². The molecule has 0 fully saturated rings. The van der Waals surface area contributed by atoms with E-state index in [2.05, 4.69) is 0 Å². The molecular weight excluding hydrogens is 404 g/mol. The molecule has 0 N–H and O–H groups in total. The third-order valence-electron chi connectivity index (χ3n) is 4.04. The first kappa shape index (κ1) is 18.4. The van der Waals surface area contributed by atoms with E-state index in [0.29, 0.717) is 33.7 Å². The first-order valence-corrected chi connectivity index (χ1v) is 8.77. The monoisotopic (exact) mass is 415 g/mol. The van der Waals surface area contributed by atoms with Gasteiger partial charge in [-0.25, -0.2) is 0 Å². The molecule has 0 heterocycles. The molecule has 7 heteroatoms. The highest BCUT2D eigenvalue weighted by Crippen LogP contribution is 2.49. The molecule has 3 rings (SSSR count). The number of methoxy groups -OCH3 is 1. The smallest absolute Gasteiger partial charge is 0.209 e. The summed E-state index contributed by atoms with van der Waals surface area (Å²) < 4.78 is 5.25. The van der Waals surface area contributed by atoms with E-state index in [1.807, 2.05) is 0 Å². The van der Waals surface area contributed by atoms with Gasteiger partial charge in [0.15, 0.2) is 0 Å². The summed E-state index contributed by atoms with van der Waals surface area (Å²) in [6, 6.07) is 5.27. The lowest BCUT2D eigenvalue weighted by atomic mass is 9.86. The van der Waals surface area contributed by atoms with Crippen molar-refractivity contribution >= 4 is 57.8 Å². The fraction of sp³-hybridized carbons (Fsp3) is 0.167.